The molecule has 1 atom stereocenters. The predicted octanol–water partition coefficient (Wildman–Crippen LogP) is 2.45. The van der Waals surface area contributed by atoms with E-state index < -0.39 is 10.0 Å². The number of fused-ring (bicyclic) bond motifs is 1. The molecule has 1 N–H and O–H groups in total. The predicted molar refractivity (Wildman–Crippen MR) is 129 cm³/mol. The van der Waals surface area contributed by atoms with Gasteiger partial charge in [0.2, 0.25) is 5.91 Å². The third-order valence-corrected chi connectivity index (χ3v) is 9.57. The average Bonchev–Trinajstić information content (AvgIpc) is 3.28. The first-order valence-corrected chi connectivity index (χ1v) is 13.2. The van der Waals surface area contributed by atoms with Crippen LogP contribution in [0.5, 0.6) is 0 Å². The Morgan fingerprint density at radius 3 is 2.55 bits per heavy atom. The molecule has 1 fully saturated rings. The number of pyridine rings is 1. The molecule has 0 radical (unpaired) electrons. The van der Waals surface area contributed by atoms with Gasteiger partial charge < -0.3 is 10.2 Å². The number of amidine groups is 1. The highest BCUT2D eigenvalue weighted by molar-refractivity contribution is 7.91. The summed E-state index contributed by atoms with van der Waals surface area (Å²) in [4.78, 5) is 23.3. The number of piperazine rings is 1. The van der Waals surface area contributed by atoms with Crippen LogP contribution in [0.2, 0.25) is 5.02 Å². The zero-order valence-electron chi connectivity index (χ0n) is 17.6. The summed E-state index contributed by atoms with van der Waals surface area (Å²) >= 11 is 7.25. The molecule has 0 aliphatic carbocycles. The van der Waals surface area contributed by atoms with Gasteiger partial charge in [0, 0.05) is 60.4 Å². The molecular formula is C22H22ClN5O3S2. The highest BCUT2D eigenvalue weighted by Crippen LogP contribution is 2.33. The van der Waals surface area contributed by atoms with Crippen LogP contribution in [0.4, 0.5) is 0 Å². The van der Waals surface area contributed by atoms with E-state index in [1.807, 2.05) is 18.2 Å². The Labute approximate surface area is 200 Å². The fraction of sp³-hybridized carbons (Fsp3) is 0.318. The van der Waals surface area contributed by atoms with Crippen molar-refractivity contribution >= 4 is 54.8 Å². The number of aliphatic imine (C=N–C) groups is 1. The second-order valence-corrected chi connectivity index (χ2v) is 11.7. The van der Waals surface area contributed by atoms with Crippen LogP contribution in [-0.2, 0) is 14.8 Å². The molecule has 11 heteroatoms. The lowest BCUT2D eigenvalue weighted by Gasteiger charge is -2.36. The third kappa shape index (κ3) is 4.48. The number of carbonyl (C=O) groups is 1. The first-order chi connectivity index (χ1) is 15.9. The summed E-state index contributed by atoms with van der Waals surface area (Å²) in [6.07, 6.45) is 3.41. The summed E-state index contributed by atoms with van der Waals surface area (Å²) in [6, 6.07) is 10.8. The van der Waals surface area contributed by atoms with E-state index in [-0.39, 0.29) is 24.9 Å². The zero-order valence-corrected chi connectivity index (χ0v) is 20.0. The van der Waals surface area contributed by atoms with Crippen LogP contribution in [0.3, 0.4) is 0 Å². The van der Waals surface area contributed by atoms with E-state index in [2.05, 4.69) is 15.3 Å². The molecule has 2 aromatic heterocycles. The van der Waals surface area contributed by atoms with Gasteiger partial charge >= 0.3 is 0 Å². The van der Waals surface area contributed by atoms with Crippen molar-refractivity contribution < 1.29 is 13.2 Å². The Kier molecular flexibility index (Phi) is 6.09. The molecule has 33 heavy (non-hydrogen) atoms. The molecule has 1 saturated heterocycles. The van der Waals surface area contributed by atoms with Gasteiger partial charge in [0.15, 0.2) is 0 Å². The van der Waals surface area contributed by atoms with Gasteiger partial charge in [-0.2, -0.15) is 4.31 Å². The van der Waals surface area contributed by atoms with Gasteiger partial charge in [0.05, 0.1) is 12.5 Å². The van der Waals surface area contributed by atoms with Crippen molar-refractivity contribution in [3.63, 3.8) is 0 Å². The van der Waals surface area contributed by atoms with Crippen LogP contribution in [-0.4, -0.2) is 73.6 Å². The standard InChI is InChI=1S/C22H22ClN5O3S2/c23-18-2-1-16-11-20(32-19(16)12-18)33(30,31)28-9-7-27(8-10-28)22(29)17-13-25-21(26-14-17)15-3-5-24-6-4-15/h1-6,11-12,17H,7-10,13-14H2,(H,25,26). The minimum atomic E-state index is -3.62. The van der Waals surface area contributed by atoms with Gasteiger partial charge in [0.25, 0.3) is 10.0 Å². The van der Waals surface area contributed by atoms with Crippen LogP contribution >= 0.6 is 22.9 Å². The monoisotopic (exact) mass is 503 g/mol. The molecule has 0 bridgehead atoms. The molecule has 0 saturated carbocycles. The van der Waals surface area contributed by atoms with Gasteiger partial charge in [-0.3, -0.25) is 14.8 Å². The number of hydrogen-bond acceptors (Lipinski definition) is 7. The smallest absolute Gasteiger partial charge is 0.252 e. The van der Waals surface area contributed by atoms with Crippen molar-refractivity contribution in [2.45, 2.75) is 4.21 Å². The molecule has 1 unspecified atom stereocenters. The number of halogens is 1. The highest BCUT2D eigenvalue weighted by Gasteiger charge is 2.34. The number of rotatable bonds is 4. The molecule has 1 aromatic carbocycles. The first kappa shape index (κ1) is 22.3. The van der Waals surface area contributed by atoms with Crippen LogP contribution < -0.4 is 5.32 Å². The number of nitrogens with one attached hydrogen (secondary N) is 1. The number of nitrogens with zero attached hydrogens (tertiary/aromatic N) is 4. The summed E-state index contributed by atoms with van der Waals surface area (Å²) in [6.45, 7) is 2.19. The van der Waals surface area contributed by atoms with E-state index in [0.29, 0.717) is 35.4 Å². The summed E-state index contributed by atoms with van der Waals surface area (Å²) in [5.74, 6) is 0.515. The number of thiophene rings is 1. The molecule has 172 valence electrons. The Morgan fingerprint density at radius 1 is 1.09 bits per heavy atom. The van der Waals surface area contributed by atoms with E-state index in [0.717, 1.165) is 21.5 Å². The molecular weight excluding hydrogens is 482 g/mol. The van der Waals surface area contributed by atoms with E-state index in [9.17, 15) is 13.2 Å². The second kappa shape index (κ2) is 9.02. The summed E-state index contributed by atoms with van der Waals surface area (Å²) < 4.78 is 28.9. The Bertz CT molecular complexity index is 1320. The quantitative estimate of drug-likeness (QED) is 0.590. The second-order valence-electron chi connectivity index (χ2n) is 7.98. The number of amides is 1. The van der Waals surface area contributed by atoms with Gasteiger partial charge in [-0.1, -0.05) is 17.7 Å². The summed E-state index contributed by atoms with van der Waals surface area (Å²) in [5.41, 5.74) is 0.943. The minimum Gasteiger partial charge on any atom is -0.369 e. The molecule has 5 rings (SSSR count). The molecule has 8 nitrogen and oxygen atoms in total. The summed E-state index contributed by atoms with van der Waals surface area (Å²) in [7, 11) is -3.62. The van der Waals surface area contributed by atoms with Crippen LogP contribution in [0, 0.1) is 5.92 Å². The van der Waals surface area contributed by atoms with E-state index in [1.165, 1.54) is 15.6 Å². The largest absolute Gasteiger partial charge is 0.369 e. The van der Waals surface area contributed by atoms with Crippen LogP contribution in [0.1, 0.15) is 5.56 Å². The number of hydrogen-bond donors (Lipinski definition) is 1. The SMILES string of the molecule is O=C(C1CN=C(c2ccncc2)NC1)N1CCN(S(=O)(=O)c2cc3ccc(Cl)cc3s2)CC1. The van der Waals surface area contributed by atoms with Crippen molar-refractivity contribution in [1.82, 2.24) is 19.5 Å². The maximum absolute atomic E-state index is 13.2. The van der Waals surface area contributed by atoms with Crippen molar-refractivity contribution in [1.29, 1.82) is 0 Å². The average molecular weight is 504 g/mol. The van der Waals surface area contributed by atoms with E-state index in [4.69, 9.17) is 11.6 Å². The molecule has 0 spiro atoms. The van der Waals surface area contributed by atoms with Crippen molar-refractivity contribution in [2.75, 3.05) is 39.3 Å². The molecule has 2 aliphatic heterocycles. The lowest BCUT2D eigenvalue weighted by Crippen LogP contribution is -2.54. The van der Waals surface area contributed by atoms with Gasteiger partial charge in [-0.05, 0) is 35.7 Å². The Morgan fingerprint density at radius 2 is 1.85 bits per heavy atom. The fourth-order valence-electron chi connectivity index (χ4n) is 4.05. The zero-order chi connectivity index (χ0) is 23.0. The first-order valence-electron chi connectivity index (χ1n) is 10.6. The maximum atomic E-state index is 13.2. The van der Waals surface area contributed by atoms with Gasteiger partial charge in [0.1, 0.15) is 10.0 Å². The summed E-state index contributed by atoms with van der Waals surface area (Å²) in [5, 5.41) is 4.67. The van der Waals surface area contributed by atoms with Crippen molar-refractivity contribution in [2.24, 2.45) is 10.9 Å². The van der Waals surface area contributed by atoms with Gasteiger partial charge in [-0.25, -0.2) is 8.42 Å². The fourth-order valence-corrected chi connectivity index (χ4v) is 7.30. The molecule has 4 heterocycles. The number of carbonyl (C=O) groups excluding carboxylic acids is 1. The third-order valence-electron chi connectivity index (χ3n) is 5.89. The minimum absolute atomic E-state index is 0.00794. The lowest BCUT2D eigenvalue weighted by molar-refractivity contribution is -0.136. The number of aromatic nitrogens is 1. The van der Waals surface area contributed by atoms with Crippen LogP contribution in [0.15, 0.2) is 58.0 Å². The van der Waals surface area contributed by atoms with Crippen molar-refractivity contribution in [3.05, 3.63) is 59.4 Å². The maximum Gasteiger partial charge on any atom is 0.252 e. The molecule has 2 aliphatic rings. The lowest BCUT2D eigenvalue weighted by atomic mass is 10.1. The molecule has 1 amide bonds. The van der Waals surface area contributed by atoms with Crippen LogP contribution in [0.25, 0.3) is 10.1 Å². The number of sulfonamides is 1. The normalized spacial score (nSPS) is 19.8. The Balaban J connectivity index is 1.21. The number of benzene rings is 1. The van der Waals surface area contributed by atoms with E-state index in [1.54, 1.807) is 35.5 Å². The topological polar surface area (TPSA) is 95.0 Å². The van der Waals surface area contributed by atoms with Gasteiger partial charge in [-0.15, -0.1) is 11.3 Å². The highest BCUT2D eigenvalue weighted by atomic mass is 35.5. The molecule has 3 aromatic rings. The van der Waals surface area contributed by atoms with E-state index >= 15 is 0 Å². The van der Waals surface area contributed by atoms with Crippen molar-refractivity contribution in [3.8, 4) is 0 Å². The Hall–Kier alpha value is -2.53.